The summed E-state index contributed by atoms with van der Waals surface area (Å²) in [6, 6.07) is 15.2. The molecule has 0 radical (unpaired) electrons. The lowest BCUT2D eigenvalue weighted by Gasteiger charge is -2.18. The summed E-state index contributed by atoms with van der Waals surface area (Å²) in [5.41, 5.74) is 4.98. The largest absolute Gasteiger partial charge is 0.496 e. The molecule has 0 fully saturated rings. The van der Waals surface area contributed by atoms with E-state index in [1.165, 1.54) is 22.3 Å². The van der Waals surface area contributed by atoms with Gasteiger partial charge in [-0.15, -0.1) is 0 Å². The third kappa shape index (κ3) is 4.48. The average molecular weight is 335 g/mol. The molecule has 2 aromatic carbocycles. The normalized spacial score (nSPS) is 12.1. The van der Waals surface area contributed by atoms with Gasteiger partial charge in [0.25, 0.3) is 0 Å². The standard InChI is InChI=1S/C21H25N3O/c1-16-4-9-21(25-3)20(12-16)17(2)23-13-18-5-7-19(8-6-18)14-24-11-10-22-15-24/h4-12,15,17,23H,13-14H2,1-3H3/t17-/m0/s1. The Morgan fingerprint density at radius 1 is 1.12 bits per heavy atom. The van der Waals surface area contributed by atoms with Gasteiger partial charge in [0, 0.05) is 37.1 Å². The fourth-order valence-electron chi connectivity index (χ4n) is 2.93. The fourth-order valence-corrected chi connectivity index (χ4v) is 2.93. The molecular formula is C21H25N3O. The van der Waals surface area contributed by atoms with Crippen molar-refractivity contribution >= 4 is 0 Å². The third-order valence-corrected chi connectivity index (χ3v) is 4.41. The van der Waals surface area contributed by atoms with Gasteiger partial charge in [-0.3, -0.25) is 0 Å². The highest BCUT2D eigenvalue weighted by atomic mass is 16.5. The highest BCUT2D eigenvalue weighted by molar-refractivity contribution is 5.39. The highest BCUT2D eigenvalue weighted by Gasteiger charge is 2.11. The van der Waals surface area contributed by atoms with Crippen LogP contribution < -0.4 is 10.1 Å². The summed E-state index contributed by atoms with van der Waals surface area (Å²) in [4.78, 5) is 4.08. The maximum Gasteiger partial charge on any atom is 0.123 e. The minimum absolute atomic E-state index is 0.223. The molecule has 4 nitrogen and oxygen atoms in total. The molecule has 1 N–H and O–H groups in total. The Balaban J connectivity index is 1.60. The van der Waals surface area contributed by atoms with Gasteiger partial charge in [-0.25, -0.2) is 4.98 Å². The van der Waals surface area contributed by atoms with Gasteiger partial charge in [-0.05, 0) is 31.0 Å². The molecule has 1 aromatic heterocycles. The molecule has 25 heavy (non-hydrogen) atoms. The highest BCUT2D eigenvalue weighted by Crippen LogP contribution is 2.26. The molecule has 1 heterocycles. The van der Waals surface area contributed by atoms with Crippen LogP contribution in [0.4, 0.5) is 0 Å². The molecule has 0 aliphatic rings. The summed E-state index contributed by atoms with van der Waals surface area (Å²) >= 11 is 0. The van der Waals surface area contributed by atoms with Crippen molar-refractivity contribution in [2.24, 2.45) is 0 Å². The topological polar surface area (TPSA) is 39.1 Å². The number of hydrogen-bond acceptors (Lipinski definition) is 3. The van der Waals surface area contributed by atoms with Crippen LogP contribution in [0.3, 0.4) is 0 Å². The lowest BCUT2D eigenvalue weighted by Crippen LogP contribution is -2.18. The minimum atomic E-state index is 0.223. The maximum atomic E-state index is 5.49. The van der Waals surface area contributed by atoms with Crippen molar-refractivity contribution < 1.29 is 4.74 Å². The van der Waals surface area contributed by atoms with E-state index in [4.69, 9.17) is 4.74 Å². The van der Waals surface area contributed by atoms with Crippen LogP contribution in [0.5, 0.6) is 5.75 Å². The van der Waals surface area contributed by atoms with Gasteiger partial charge in [-0.2, -0.15) is 0 Å². The van der Waals surface area contributed by atoms with E-state index in [1.54, 1.807) is 13.3 Å². The molecular weight excluding hydrogens is 310 g/mol. The van der Waals surface area contributed by atoms with Gasteiger partial charge in [0.05, 0.1) is 13.4 Å². The molecule has 0 aliphatic heterocycles. The monoisotopic (exact) mass is 335 g/mol. The lowest BCUT2D eigenvalue weighted by atomic mass is 10.0. The number of methoxy groups -OCH3 is 1. The Hall–Kier alpha value is -2.59. The van der Waals surface area contributed by atoms with Crippen molar-refractivity contribution in [3.63, 3.8) is 0 Å². The van der Waals surface area contributed by atoms with Crippen molar-refractivity contribution in [1.82, 2.24) is 14.9 Å². The zero-order valence-electron chi connectivity index (χ0n) is 15.1. The molecule has 0 saturated carbocycles. The summed E-state index contributed by atoms with van der Waals surface area (Å²) in [5, 5.41) is 3.59. The number of aromatic nitrogens is 2. The first-order valence-electron chi connectivity index (χ1n) is 8.57. The van der Waals surface area contributed by atoms with E-state index in [-0.39, 0.29) is 6.04 Å². The molecule has 3 aromatic rings. The van der Waals surface area contributed by atoms with E-state index in [1.807, 2.05) is 18.6 Å². The van der Waals surface area contributed by atoms with Crippen LogP contribution in [0.1, 0.15) is 35.2 Å². The summed E-state index contributed by atoms with van der Waals surface area (Å²) < 4.78 is 7.56. The van der Waals surface area contributed by atoms with Gasteiger partial charge in [-0.1, -0.05) is 42.0 Å². The number of rotatable bonds is 7. The lowest BCUT2D eigenvalue weighted by molar-refractivity contribution is 0.401. The Morgan fingerprint density at radius 2 is 1.88 bits per heavy atom. The number of benzene rings is 2. The van der Waals surface area contributed by atoms with Crippen LogP contribution in [-0.4, -0.2) is 16.7 Å². The molecule has 0 aliphatic carbocycles. The zero-order valence-corrected chi connectivity index (χ0v) is 15.1. The number of nitrogens with one attached hydrogen (secondary N) is 1. The van der Waals surface area contributed by atoms with E-state index in [0.717, 1.165) is 18.8 Å². The third-order valence-electron chi connectivity index (χ3n) is 4.41. The zero-order chi connectivity index (χ0) is 17.6. The van der Waals surface area contributed by atoms with Crippen molar-refractivity contribution in [2.75, 3.05) is 7.11 Å². The first-order chi connectivity index (χ1) is 12.2. The smallest absolute Gasteiger partial charge is 0.123 e. The summed E-state index contributed by atoms with van der Waals surface area (Å²) in [5.74, 6) is 0.932. The van der Waals surface area contributed by atoms with Crippen LogP contribution in [0.25, 0.3) is 0 Å². The molecule has 130 valence electrons. The summed E-state index contributed by atoms with van der Waals surface area (Å²) in [7, 11) is 1.72. The van der Waals surface area contributed by atoms with Crippen LogP contribution >= 0.6 is 0 Å². The Bertz CT molecular complexity index is 795. The van der Waals surface area contributed by atoms with E-state index in [2.05, 4.69) is 65.1 Å². The Labute approximate surface area is 149 Å². The molecule has 4 heteroatoms. The molecule has 0 bridgehead atoms. The van der Waals surface area contributed by atoms with Crippen molar-refractivity contribution in [3.05, 3.63) is 83.4 Å². The van der Waals surface area contributed by atoms with E-state index >= 15 is 0 Å². The molecule has 0 spiro atoms. The Morgan fingerprint density at radius 3 is 2.56 bits per heavy atom. The molecule has 0 amide bonds. The molecule has 0 unspecified atom stereocenters. The average Bonchev–Trinajstić information content (AvgIpc) is 3.14. The van der Waals surface area contributed by atoms with Crippen LogP contribution in [0.2, 0.25) is 0 Å². The van der Waals surface area contributed by atoms with Gasteiger partial charge >= 0.3 is 0 Å². The van der Waals surface area contributed by atoms with Gasteiger partial charge < -0.3 is 14.6 Å². The summed E-state index contributed by atoms with van der Waals surface area (Å²) in [6.07, 6.45) is 5.62. The van der Waals surface area contributed by atoms with E-state index in [0.29, 0.717) is 0 Å². The second-order valence-electron chi connectivity index (χ2n) is 6.40. The van der Waals surface area contributed by atoms with E-state index < -0.39 is 0 Å². The van der Waals surface area contributed by atoms with Crippen LogP contribution in [0.15, 0.2) is 61.2 Å². The minimum Gasteiger partial charge on any atom is -0.496 e. The molecule has 1 atom stereocenters. The summed E-state index contributed by atoms with van der Waals surface area (Å²) in [6.45, 7) is 5.95. The van der Waals surface area contributed by atoms with Gasteiger partial charge in [0.15, 0.2) is 0 Å². The number of hydrogen-bond donors (Lipinski definition) is 1. The van der Waals surface area contributed by atoms with Gasteiger partial charge in [0.2, 0.25) is 0 Å². The molecule has 3 rings (SSSR count). The van der Waals surface area contributed by atoms with Gasteiger partial charge in [0.1, 0.15) is 5.75 Å². The number of aryl methyl sites for hydroxylation is 1. The predicted octanol–water partition coefficient (Wildman–Crippen LogP) is 4.10. The maximum absolute atomic E-state index is 5.49. The van der Waals surface area contributed by atoms with Crippen LogP contribution in [0, 0.1) is 6.92 Å². The Kier molecular flexibility index (Phi) is 5.51. The predicted molar refractivity (Wildman–Crippen MR) is 101 cm³/mol. The molecule has 0 saturated heterocycles. The second kappa shape index (κ2) is 7.99. The first-order valence-corrected chi connectivity index (χ1v) is 8.57. The number of nitrogens with zero attached hydrogens (tertiary/aromatic N) is 2. The van der Waals surface area contributed by atoms with Crippen molar-refractivity contribution in [2.45, 2.75) is 33.0 Å². The first kappa shape index (κ1) is 17.2. The van der Waals surface area contributed by atoms with Crippen molar-refractivity contribution in [1.29, 1.82) is 0 Å². The fraction of sp³-hybridized carbons (Fsp3) is 0.286. The quantitative estimate of drug-likeness (QED) is 0.706. The van der Waals surface area contributed by atoms with Crippen molar-refractivity contribution in [3.8, 4) is 5.75 Å². The number of imidazole rings is 1. The van der Waals surface area contributed by atoms with E-state index in [9.17, 15) is 0 Å². The number of ether oxygens (including phenoxy) is 1. The van der Waals surface area contributed by atoms with Crippen LogP contribution in [-0.2, 0) is 13.1 Å². The SMILES string of the molecule is COc1ccc(C)cc1[C@H](C)NCc1ccc(Cn2ccnc2)cc1. The second-order valence-corrected chi connectivity index (χ2v) is 6.40.